The van der Waals surface area contributed by atoms with Gasteiger partial charge in [0.25, 0.3) is 0 Å². The van der Waals surface area contributed by atoms with E-state index in [-0.39, 0.29) is 12.0 Å². The van der Waals surface area contributed by atoms with Gasteiger partial charge in [-0.25, -0.2) is 4.98 Å². The lowest BCUT2D eigenvalue weighted by molar-refractivity contribution is -0.140. The molecule has 0 N–H and O–H groups in total. The number of aryl methyl sites for hydroxylation is 1. The van der Waals surface area contributed by atoms with Crippen LogP contribution in [0.1, 0.15) is 64.6 Å². The van der Waals surface area contributed by atoms with Crippen LogP contribution in [0.2, 0.25) is 0 Å². The van der Waals surface area contributed by atoms with Gasteiger partial charge in [-0.2, -0.15) is 0 Å². The Morgan fingerprint density at radius 3 is 2.64 bits per heavy atom. The summed E-state index contributed by atoms with van der Waals surface area (Å²) in [5.74, 6) is 1.43. The van der Waals surface area contributed by atoms with E-state index in [0.717, 1.165) is 25.2 Å². The SMILES string of the molecule is CC(C)N(Cc1nccn1C)C(=O)[C@H]1CCCN(C2CCCCC2)C1. The molecular weight excluding hydrogens is 312 g/mol. The van der Waals surface area contributed by atoms with Gasteiger partial charge in [0, 0.05) is 38.1 Å². The lowest BCUT2D eigenvalue weighted by atomic mass is 9.89. The minimum absolute atomic E-state index is 0.151. The first-order valence-corrected chi connectivity index (χ1v) is 10.1. The van der Waals surface area contributed by atoms with E-state index in [9.17, 15) is 4.79 Å². The van der Waals surface area contributed by atoms with Gasteiger partial charge in [0.15, 0.2) is 0 Å². The van der Waals surface area contributed by atoms with Gasteiger partial charge in [0.1, 0.15) is 5.82 Å². The number of hydrogen-bond donors (Lipinski definition) is 0. The first-order chi connectivity index (χ1) is 12.1. The van der Waals surface area contributed by atoms with Gasteiger partial charge in [-0.3, -0.25) is 9.69 Å². The van der Waals surface area contributed by atoms with E-state index in [1.165, 1.54) is 38.6 Å². The lowest BCUT2D eigenvalue weighted by Gasteiger charge is -2.41. The molecule has 0 unspecified atom stereocenters. The highest BCUT2D eigenvalue weighted by molar-refractivity contribution is 5.79. The predicted molar refractivity (Wildman–Crippen MR) is 100 cm³/mol. The Morgan fingerprint density at radius 2 is 2.00 bits per heavy atom. The third-order valence-corrected chi connectivity index (χ3v) is 6.03. The van der Waals surface area contributed by atoms with E-state index in [1.807, 2.05) is 28.9 Å². The van der Waals surface area contributed by atoms with Gasteiger partial charge < -0.3 is 9.47 Å². The summed E-state index contributed by atoms with van der Waals surface area (Å²) in [6.07, 6.45) is 12.7. The zero-order valence-corrected chi connectivity index (χ0v) is 16.2. The number of nitrogens with zero attached hydrogens (tertiary/aromatic N) is 4. The molecular formula is C20H34N4O. The van der Waals surface area contributed by atoms with Crippen LogP contribution in [0, 0.1) is 5.92 Å². The Labute approximate surface area is 152 Å². The maximum absolute atomic E-state index is 13.3. The number of carbonyl (C=O) groups is 1. The average molecular weight is 347 g/mol. The van der Waals surface area contributed by atoms with Crippen molar-refractivity contribution in [2.75, 3.05) is 13.1 Å². The van der Waals surface area contributed by atoms with Crippen LogP contribution >= 0.6 is 0 Å². The Hall–Kier alpha value is -1.36. The molecule has 0 radical (unpaired) electrons. The van der Waals surface area contributed by atoms with Crippen molar-refractivity contribution < 1.29 is 4.79 Å². The van der Waals surface area contributed by atoms with Crippen molar-refractivity contribution >= 4 is 5.91 Å². The van der Waals surface area contributed by atoms with E-state index < -0.39 is 0 Å². The summed E-state index contributed by atoms with van der Waals surface area (Å²) < 4.78 is 2.01. The molecule has 1 aromatic heterocycles. The summed E-state index contributed by atoms with van der Waals surface area (Å²) in [5, 5.41) is 0. The van der Waals surface area contributed by atoms with Crippen LogP contribution in [0.5, 0.6) is 0 Å². The molecule has 5 nitrogen and oxygen atoms in total. The summed E-state index contributed by atoms with van der Waals surface area (Å²) >= 11 is 0. The summed E-state index contributed by atoms with van der Waals surface area (Å²) in [7, 11) is 2.00. The quantitative estimate of drug-likeness (QED) is 0.822. The molecule has 140 valence electrons. The Bertz CT molecular complexity index is 562. The Balaban J connectivity index is 1.65. The average Bonchev–Trinajstić information content (AvgIpc) is 3.04. The smallest absolute Gasteiger partial charge is 0.227 e. The minimum atomic E-state index is 0.151. The van der Waals surface area contributed by atoms with Gasteiger partial charge in [0.2, 0.25) is 5.91 Å². The zero-order chi connectivity index (χ0) is 17.8. The molecule has 1 aliphatic heterocycles. The molecule has 0 spiro atoms. The molecule has 25 heavy (non-hydrogen) atoms. The third kappa shape index (κ3) is 4.43. The fourth-order valence-corrected chi connectivity index (χ4v) is 4.44. The van der Waals surface area contributed by atoms with Gasteiger partial charge in [-0.15, -0.1) is 0 Å². The van der Waals surface area contributed by atoms with Crippen LogP contribution < -0.4 is 0 Å². The van der Waals surface area contributed by atoms with E-state index in [1.54, 1.807) is 0 Å². The maximum Gasteiger partial charge on any atom is 0.227 e. The number of imidazole rings is 1. The van der Waals surface area contributed by atoms with E-state index in [0.29, 0.717) is 18.5 Å². The maximum atomic E-state index is 13.3. The highest BCUT2D eigenvalue weighted by Gasteiger charge is 2.33. The largest absolute Gasteiger partial charge is 0.337 e. The number of rotatable bonds is 5. The molecule has 1 atom stereocenters. The number of likely N-dealkylation sites (tertiary alicyclic amines) is 1. The van der Waals surface area contributed by atoms with Crippen LogP contribution in [0.4, 0.5) is 0 Å². The topological polar surface area (TPSA) is 41.4 Å². The van der Waals surface area contributed by atoms with Gasteiger partial charge >= 0.3 is 0 Å². The Kier molecular flexibility index (Phi) is 6.15. The predicted octanol–water partition coefficient (Wildman–Crippen LogP) is 3.20. The summed E-state index contributed by atoms with van der Waals surface area (Å²) in [4.78, 5) is 22.3. The molecule has 2 aliphatic rings. The van der Waals surface area contributed by atoms with Crippen LogP contribution in [-0.2, 0) is 18.4 Å². The molecule has 0 aromatic carbocycles. The zero-order valence-electron chi connectivity index (χ0n) is 16.2. The highest BCUT2D eigenvalue weighted by Crippen LogP contribution is 2.28. The van der Waals surface area contributed by atoms with Gasteiger partial charge in [-0.1, -0.05) is 19.3 Å². The van der Waals surface area contributed by atoms with E-state index in [2.05, 4.69) is 23.7 Å². The van der Waals surface area contributed by atoms with Crippen molar-refractivity contribution in [2.24, 2.45) is 13.0 Å². The molecule has 0 bridgehead atoms. The second-order valence-electron chi connectivity index (χ2n) is 8.14. The molecule has 1 aliphatic carbocycles. The fourth-order valence-electron chi connectivity index (χ4n) is 4.44. The number of carbonyl (C=O) groups excluding carboxylic acids is 1. The summed E-state index contributed by atoms with van der Waals surface area (Å²) in [6, 6.07) is 0.917. The number of hydrogen-bond acceptors (Lipinski definition) is 3. The van der Waals surface area contributed by atoms with Crippen molar-refractivity contribution in [3.05, 3.63) is 18.2 Å². The highest BCUT2D eigenvalue weighted by atomic mass is 16.2. The molecule has 1 amide bonds. The van der Waals surface area contributed by atoms with Gasteiger partial charge in [0.05, 0.1) is 12.5 Å². The minimum Gasteiger partial charge on any atom is -0.337 e. The van der Waals surface area contributed by atoms with Gasteiger partial charge in [-0.05, 0) is 46.1 Å². The number of piperidine rings is 1. The molecule has 5 heteroatoms. The molecule has 2 heterocycles. The third-order valence-electron chi connectivity index (χ3n) is 6.03. The number of aromatic nitrogens is 2. The first kappa shape index (κ1) is 18.4. The summed E-state index contributed by atoms with van der Waals surface area (Å²) in [6.45, 7) is 6.97. The monoisotopic (exact) mass is 346 g/mol. The molecule has 3 rings (SSSR count). The van der Waals surface area contributed by atoms with Crippen LogP contribution in [0.25, 0.3) is 0 Å². The molecule has 2 fully saturated rings. The van der Waals surface area contributed by atoms with Crippen molar-refractivity contribution in [3.8, 4) is 0 Å². The summed E-state index contributed by atoms with van der Waals surface area (Å²) in [5.41, 5.74) is 0. The molecule has 1 saturated carbocycles. The van der Waals surface area contributed by atoms with E-state index >= 15 is 0 Å². The normalized spacial score (nSPS) is 23.1. The number of amides is 1. The van der Waals surface area contributed by atoms with Crippen LogP contribution in [-0.4, -0.2) is 50.4 Å². The van der Waals surface area contributed by atoms with Crippen LogP contribution in [0.15, 0.2) is 12.4 Å². The van der Waals surface area contributed by atoms with Crippen molar-refractivity contribution in [1.82, 2.24) is 19.4 Å². The lowest BCUT2D eigenvalue weighted by Crippen LogP contribution is -2.49. The van der Waals surface area contributed by atoms with Crippen molar-refractivity contribution in [1.29, 1.82) is 0 Å². The van der Waals surface area contributed by atoms with Crippen molar-refractivity contribution in [3.63, 3.8) is 0 Å². The second kappa shape index (κ2) is 8.35. The fraction of sp³-hybridized carbons (Fsp3) is 0.800. The van der Waals surface area contributed by atoms with Crippen LogP contribution in [0.3, 0.4) is 0 Å². The standard InChI is InChI=1S/C20H34N4O/c1-16(2)24(15-19-21-11-13-22(19)3)20(25)17-8-7-12-23(14-17)18-9-5-4-6-10-18/h11,13,16-18H,4-10,12,14-15H2,1-3H3/t17-/m0/s1. The second-order valence-corrected chi connectivity index (χ2v) is 8.14. The van der Waals surface area contributed by atoms with Crippen molar-refractivity contribution in [2.45, 2.75) is 77.4 Å². The first-order valence-electron chi connectivity index (χ1n) is 10.1. The Morgan fingerprint density at radius 1 is 1.24 bits per heavy atom. The van der Waals surface area contributed by atoms with E-state index in [4.69, 9.17) is 0 Å². The molecule has 1 aromatic rings. The molecule has 1 saturated heterocycles.